The largest absolute Gasteiger partial charge is 0.326 e. The topological polar surface area (TPSA) is 78.1 Å². The minimum absolute atomic E-state index is 0.0629. The number of anilines is 2. The van der Waals surface area contributed by atoms with Crippen LogP contribution in [0.3, 0.4) is 0 Å². The van der Waals surface area contributed by atoms with Gasteiger partial charge in [0.05, 0.1) is 11.6 Å². The van der Waals surface area contributed by atoms with Crippen LogP contribution in [-0.4, -0.2) is 28.6 Å². The molecular weight excluding hydrogens is 364 g/mol. The van der Waals surface area contributed by atoms with E-state index in [4.69, 9.17) is 11.6 Å². The molecular formula is C20H17ClN4O2. The zero-order chi connectivity index (χ0) is 18.8. The zero-order valence-corrected chi connectivity index (χ0v) is 15.1. The molecule has 1 aliphatic heterocycles. The highest BCUT2D eigenvalue weighted by Gasteiger charge is 2.35. The lowest BCUT2D eigenvalue weighted by Gasteiger charge is -2.16. The van der Waals surface area contributed by atoms with Gasteiger partial charge in [0.1, 0.15) is 0 Å². The second kappa shape index (κ2) is 7.25. The van der Waals surface area contributed by atoms with Crippen molar-refractivity contribution in [2.45, 2.75) is 6.42 Å². The van der Waals surface area contributed by atoms with Crippen LogP contribution in [-0.2, 0) is 9.59 Å². The number of hydrogen-bond donors (Lipinski definition) is 2. The van der Waals surface area contributed by atoms with Gasteiger partial charge in [-0.15, -0.1) is 0 Å². The highest BCUT2D eigenvalue weighted by Crippen LogP contribution is 2.27. The average Bonchev–Trinajstić information content (AvgIpc) is 3.33. The quantitative estimate of drug-likeness (QED) is 0.724. The third kappa shape index (κ3) is 3.71. The first-order valence-electron chi connectivity index (χ1n) is 8.57. The Balaban J connectivity index is 1.41. The first-order valence-corrected chi connectivity index (χ1v) is 8.94. The van der Waals surface area contributed by atoms with Gasteiger partial charge >= 0.3 is 0 Å². The van der Waals surface area contributed by atoms with E-state index >= 15 is 0 Å². The van der Waals surface area contributed by atoms with Crippen molar-refractivity contribution in [3.8, 4) is 11.3 Å². The number of carbonyl (C=O) groups excluding carboxylic acids is 2. The molecule has 0 aliphatic carbocycles. The Hall–Kier alpha value is -3.12. The van der Waals surface area contributed by atoms with Crippen LogP contribution in [0.4, 0.5) is 11.4 Å². The molecule has 2 amide bonds. The van der Waals surface area contributed by atoms with E-state index in [0.717, 1.165) is 16.9 Å². The molecule has 4 rings (SSSR count). The van der Waals surface area contributed by atoms with Gasteiger partial charge in [-0.3, -0.25) is 14.7 Å². The summed E-state index contributed by atoms with van der Waals surface area (Å²) in [7, 11) is 0. The molecule has 1 atom stereocenters. The van der Waals surface area contributed by atoms with Gasteiger partial charge in [0.2, 0.25) is 11.8 Å². The maximum atomic E-state index is 12.6. The molecule has 1 aliphatic rings. The summed E-state index contributed by atoms with van der Waals surface area (Å²) in [5.74, 6) is -0.610. The van der Waals surface area contributed by atoms with Crippen LogP contribution in [0.1, 0.15) is 6.42 Å². The fourth-order valence-electron chi connectivity index (χ4n) is 3.15. The molecule has 1 unspecified atom stereocenters. The van der Waals surface area contributed by atoms with Gasteiger partial charge in [0, 0.05) is 35.6 Å². The second-order valence-electron chi connectivity index (χ2n) is 6.42. The monoisotopic (exact) mass is 380 g/mol. The lowest BCUT2D eigenvalue weighted by molar-refractivity contribution is -0.122. The lowest BCUT2D eigenvalue weighted by Crippen LogP contribution is -2.28. The van der Waals surface area contributed by atoms with Crippen molar-refractivity contribution in [1.82, 2.24) is 10.2 Å². The molecule has 2 heterocycles. The molecule has 1 fully saturated rings. The normalized spacial score (nSPS) is 16.6. The number of rotatable bonds is 4. The molecule has 136 valence electrons. The third-order valence-corrected chi connectivity index (χ3v) is 4.85. The Kier molecular flexibility index (Phi) is 4.64. The molecule has 2 aromatic carbocycles. The zero-order valence-electron chi connectivity index (χ0n) is 14.4. The maximum absolute atomic E-state index is 12.6. The summed E-state index contributed by atoms with van der Waals surface area (Å²) >= 11 is 5.89. The van der Waals surface area contributed by atoms with Crippen molar-refractivity contribution in [2.75, 3.05) is 16.8 Å². The average molecular weight is 381 g/mol. The maximum Gasteiger partial charge on any atom is 0.229 e. The highest BCUT2D eigenvalue weighted by molar-refractivity contribution is 6.30. The molecule has 1 aromatic heterocycles. The smallest absolute Gasteiger partial charge is 0.229 e. The number of H-pyrrole nitrogens is 1. The van der Waals surface area contributed by atoms with E-state index in [1.165, 1.54) is 0 Å². The molecule has 6 nitrogen and oxygen atoms in total. The number of amides is 2. The van der Waals surface area contributed by atoms with Crippen molar-refractivity contribution in [2.24, 2.45) is 5.92 Å². The van der Waals surface area contributed by atoms with Crippen molar-refractivity contribution >= 4 is 34.8 Å². The summed E-state index contributed by atoms with van der Waals surface area (Å²) in [4.78, 5) is 26.5. The van der Waals surface area contributed by atoms with E-state index in [0.29, 0.717) is 17.3 Å². The van der Waals surface area contributed by atoms with Crippen molar-refractivity contribution in [3.63, 3.8) is 0 Å². The Morgan fingerprint density at radius 2 is 1.85 bits per heavy atom. The summed E-state index contributed by atoms with van der Waals surface area (Å²) in [6.45, 7) is 0.360. The first-order chi connectivity index (χ1) is 13.1. The van der Waals surface area contributed by atoms with Crippen LogP contribution < -0.4 is 10.2 Å². The summed E-state index contributed by atoms with van der Waals surface area (Å²) in [6, 6.07) is 16.4. The van der Waals surface area contributed by atoms with Crippen molar-refractivity contribution in [3.05, 3.63) is 65.8 Å². The SMILES string of the molecule is O=C(Nc1ccc(-c2ccn[nH]2)cc1)C1CC(=O)N(c2ccc(Cl)cc2)C1. The first kappa shape index (κ1) is 17.3. The molecule has 27 heavy (non-hydrogen) atoms. The molecule has 1 saturated heterocycles. The van der Waals surface area contributed by atoms with Crippen LogP contribution in [0, 0.1) is 5.92 Å². The molecule has 0 spiro atoms. The Bertz CT molecular complexity index is 953. The van der Waals surface area contributed by atoms with Gasteiger partial charge in [-0.2, -0.15) is 5.10 Å². The highest BCUT2D eigenvalue weighted by atomic mass is 35.5. The van der Waals surface area contributed by atoms with Crippen LogP contribution in [0.15, 0.2) is 60.8 Å². The molecule has 0 bridgehead atoms. The molecule has 3 aromatic rings. The second-order valence-corrected chi connectivity index (χ2v) is 6.86. The Morgan fingerprint density at radius 3 is 2.52 bits per heavy atom. The number of aromatic nitrogens is 2. The van der Waals surface area contributed by atoms with Gasteiger partial charge in [-0.05, 0) is 48.0 Å². The van der Waals surface area contributed by atoms with Crippen molar-refractivity contribution < 1.29 is 9.59 Å². The van der Waals surface area contributed by atoms with Crippen molar-refractivity contribution in [1.29, 1.82) is 0 Å². The summed E-state index contributed by atoms with van der Waals surface area (Å²) in [6.07, 6.45) is 1.88. The number of halogens is 1. The van der Waals surface area contributed by atoms with E-state index in [1.807, 2.05) is 30.3 Å². The fraction of sp³-hybridized carbons (Fsp3) is 0.150. The molecule has 7 heteroatoms. The fourth-order valence-corrected chi connectivity index (χ4v) is 3.27. The van der Waals surface area contributed by atoms with Crippen LogP contribution in [0.5, 0.6) is 0 Å². The number of hydrogen-bond acceptors (Lipinski definition) is 3. The van der Waals surface area contributed by atoms with Crippen LogP contribution in [0.2, 0.25) is 5.02 Å². The van der Waals surface area contributed by atoms with Gasteiger partial charge < -0.3 is 10.2 Å². The molecule has 0 radical (unpaired) electrons. The van der Waals surface area contributed by atoms with E-state index in [1.54, 1.807) is 35.4 Å². The standard InChI is InChI=1S/C20H17ClN4O2/c21-15-3-7-17(8-4-15)25-12-14(11-19(25)26)20(27)23-16-5-1-13(2-6-16)18-9-10-22-24-18/h1-10,14H,11-12H2,(H,22,24)(H,23,27). The predicted molar refractivity (Wildman–Crippen MR) is 105 cm³/mol. The van der Waals surface area contributed by atoms with E-state index < -0.39 is 0 Å². The van der Waals surface area contributed by atoms with Crippen LogP contribution in [0.25, 0.3) is 11.3 Å². The summed E-state index contributed by atoms with van der Waals surface area (Å²) in [5.41, 5.74) is 3.34. The van der Waals surface area contributed by atoms with E-state index in [9.17, 15) is 9.59 Å². The number of carbonyl (C=O) groups is 2. The number of nitrogens with zero attached hydrogens (tertiary/aromatic N) is 2. The van der Waals surface area contributed by atoms with Gasteiger partial charge in [-0.1, -0.05) is 23.7 Å². The van der Waals surface area contributed by atoms with Gasteiger partial charge in [-0.25, -0.2) is 0 Å². The summed E-state index contributed by atoms with van der Waals surface area (Å²) < 4.78 is 0. The predicted octanol–water partition coefficient (Wildman–Crippen LogP) is 3.72. The number of benzene rings is 2. The summed E-state index contributed by atoms with van der Waals surface area (Å²) in [5, 5.41) is 10.3. The number of nitrogens with one attached hydrogen (secondary N) is 2. The minimum Gasteiger partial charge on any atom is -0.326 e. The third-order valence-electron chi connectivity index (χ3n) is 4.60. The van der Waals surface area contributed by atoms with E-state index in [2.05, 4.69) is 15.5 Å². The van der Waals surface area contributed by atoms with E-state index in [-0.39, 0.29) is 24.2 Å². The molecule has 2 N–H and O–H groups in total. The minimum atomic E-state index is -0.388. The number of aromatic amines is 1. The van der Waals surface area contributed by atoms with Crippen LogP contribution >= 0.6 is 11.6 Å². The lowest BCUT2D eigenvalue weighted by atomic mass is 10.1. The van der Waals surface area contributed by atoms with Gasteiger partial charge in [0.25, 0.3) is 0 Å². The van der Waals surface area contributed by atoms with Gasteiger partial charge in [0.15, 0.2) is 0 Å². The molecule has 0 saturated carbocycles. The Labute approximate surface area is 161 Å². The Morgan fingerprint density at radius 1 is 1.11 bits per heavy atom.